The Bertz CT molecular complexity index is 585. The fraction of sp³-hybridized carbons (Fsp3) is 0.467. The number of rotatable bonds is 2. The first-order valence-electron chi connectivity index (χ1n) is 6.98. The number of carboxylic acid groups (broad SMARTS) is 1. The average Bonchev–Trinajstić information content (AvgIpc) is 2.52. The largest absolute Gasteiger partial charge is 0.469 e. The summed E-state index contributed by atoms with van der Waals surface area (Å²) < 4.78 is 42.5. The summed E-state index contributed by atoms with van der Waals surface area (Å²) in [7, 11) is 1.25. The lowest BCUT2D eigenvalue weighted by Crippen LogP contribution is -2.42. The lowest BCUT2D eigenvalue weighted by Gasteiger charge is -2.37. The van der Waals surface area contributed by atoms with Gasteiger partial charge in [0.2, 0.25) is 0 Å². The van der Waals surface area contributed by atoms with E-state index in [0.717, 1.165) is 17.0 Å². The predicted molar refractivity (Wildman–Crippen MR) is 73.7 cm³/mol. The molecule has 0 bridgehead atoms. The summed E-state index contributed by atoms with van der Waals surface area (Å²) in [5, 5.41) is 9.27. The van der Waals surface area contributed by atoms with Gasteiger partial charge in [-0.3, -0.25) is 4.79 Å². The first-order chi connectivity index (χ1) is 10.7. The first kappa shape index (κ1) is 17.1. The van der Waals surface area contributed by atoms with Gasteiger partial charge in [0.25, 0.3) is 0 Å². The Labute approximate surface area is 130 Å². The molecule has 2 atom stereocenters. The van der Waals surface area contributed by atoms with E-state index in [-0.39, 0.29) is 13.0 Å². The van der Waals surface area contributed by atoms with Gasteiger partial charge in [0.1, 0.15) is 0 Å². The van der Waals surface area contributed by atoms with E-state index in [0.29, 0.717) is 12.0 Å². The van der Waals surface area contributed by atoms with Gasteiger partial charge in [-0.25, -0.2) is 4.79 Å². The van der Waals surface area contributed by atoms with Crippen LogP contribution in [0.1, 0.15) is 30.0 Å². The number of halogens is 3. The standard InChI is InChI=1S/C15H16F3NO4/c1-23-13(20)10-6-7-19(14(21)22)12(8-10)9-2-4-11(5-3-9)15(16,17)18/h2-5,10,12H,6-8H2,1H3,(H,21,22). The fourth-order valence-corrected chi connectivity index (χ4v) is 2.79. The molecule has 0 saturated carbocycles. The number of esters is 1. The highest BCUT2D eigenvalue weighted by Crippen LogP contribution is 2.36. The number of methoxy groups -OCH3 is 1. The van der Waals surface area contributed by atoms with Crippen molar-refractivity contribution < 1.29 is 32.6 Å². The van der Waals surface area contributed by atoms with E-state index in [1.165, 1.54) is 19.2 Å². The number of hydrogen-bond acceptors (Lipinski definition) is 3. The second-order valence-electron chi connectivity index (χ2n) is 5.36. The van der Waals surface area contributed by atoms with Gasteiger partial charge in [-0.1, -0.05) is 12.1 Å². The number of carbonyl (C=O) groups is 2. The molecule has 8 heteroatoms. The molecule has 1 saturated heterocycles. The van der Waals surface area contributed by atoms with Crippen LogP contribution in [-0.2, 0) is 15.7 Å². The van der Waals surface area contributed by atoms with E-state index in [4.69, 9.17) is 0 Å². The molecule has 2 unspecified atom stereocenters. The highest BCUT2D eigenvalue weighted by atomic mass is 19.4. The number of ether oxygens (including phenoxy) is 1. The molecule has 1 aliphatic heterocycles. The Hall–Kier alpha value is -2.25. The number of likely N-dealkylation sites (tertiary alicyclic amines) is 1. The maximum Gasteiger partial charge on any atom is 0.416 e. The van der Waals surface area contributed by atoms with E-state index >= 15 is 0 Å². The molecule has 23 heavy (non-hydrogen) atoms. The molecular formula is C15H16F3NO4. The lowest BCUT2D eigenvalue weighted by molar-refractivity contribution is -0.147. The molecule has 1 aromatic carbocycles. The van der Waals surface area contributed by atoms with Gasteiger partial charge >= 0.3 is 18.2 Å². The lowest BCUT2D eigenvalue weighted by atomic mass is 9.87. The van der Waals surface area contributed by atoms with Crippen LogP contribution in [0.2, 0.25) is 0 Å². The molecule has 0 aliphatic carbocycles. The van der Waals surface area contributed by atoms with E-state index in [9.17, 15) is 27.9 Å². The molecule has 5 nitrogen and oxygen atoms in total. The van der Waals surface area contributed by atoms with Gasteiger partial charge < -0.3 is 14.7 Å². The minimum Gasteiger partial charge on any atom is -0.469 e. The van der Waals surface area contributed by atoms with E-state index in [2.05, 4.69) is 4.74 Å². The van der Waals surface area contributed by atoms with Crippen LogP contribution >= 0.6 is 0 Å². The summed E-state index contributed by atoms with van der Waals surface area (Å²) in [6, 6.07) is 3.66. The molecule has 0 aromatic heterocycles. The van der Waals surface area contributed by atoms with Crippen molar-refractivity contribution in [2.24, 2.45) is 5.92 Å². The third kappa shape index (κ3) is 3.75. The van der Waals surface area contributed by atoms with E-state index in [1.54, 1.807) is 0 Å². The SMILES string of the molecule is COC(=O)C1CCN(C(=O)O)C(c2ccc(C(F)(F)F)cc2)C1. The average molecular weight is 331 g/mol. The highest BCUT2D eigenvalue weighted by Gasteiger charge is 2.37. The number of carbonyl (C=O) groups excluding carboxylic acids is 1. The van der Waals surface area contributed by atoms with Gasteiger partial charge in [-0.05, 0) is 30.5 Å². The molecule has 2 rings (SSSR count). The van der Waals surface area contributed by atoms with Crippen molar-refractivity contribution in [2.75, 3.05) is 13.7 Å². The van der Waals surface area contributed by atoms with E-state index in [1.807, 2.05) is 0 Å². The van der Waals surface area contributed by atoms with Crippen molar-refractivity contribution in [2.45, 2.75) is 25.1 Å². The second-order valence-corrected chi connectivity index (χ2v) is 5.36. The topological polar surface area (TPSA) is 66.8 Å². The van der Waals surface area contributed by atoms with E-state index < -0.39 is 35.8 Å². The Morgan fingerprint density at radius 3 is 2.35 bits per heavy atom. The molecule has 1 N–H and O–H groups in total. The maximum atomic E-state index is 12.6. The summed E-state index contributed by atoms with van der Waals surface area (Å²) in [4.78, 5) is 24.1. The smallest absolute Gasteiger partial charge is 0.416 e. The number of benzene rings is 1. The normalized spacial score (nSPS) is 21.8. The Kier molecular flexibility index (Phi) is 4.82. The minimum absolute atomic E-state index is 0.126. The van der Waals surface area contributed by atoms with Crippen molar-refractivity contribution in [3.05, 3.63) is 35.4 Å². The van der Waals surface area contributed by atoms with Crippen molar-refractivity contribution in [1.82, 2.24) is 4.90 Å². The van der Waals surface area contributed by atoms with Crippen LogP contribution in [0.4, 0.5) is 18.0 Å². The zero-order chi connectivity index (χ0) is 17.2. The second kappa shape index (κ2) is 6.47. The Morgan fingerprint density at radius 1 is 1.26 bits per heavy atom. The molecule has 1 amide bonds. The molecule has 0 radical (unpaired) electrons. The number of hydrogen-bond donors (Lipinski definition) is 1. The molecule has 1 fully saturated rings. The van der Waals surface area contributed by atoms with Crippen LogP contribution in [0.5, 0.6) is 0 Å². The molecule has 1 aromatic rings. The van der Waals surface area contributed by atoms with Crippen LogP contribution in [0.3, 0.4) is 0 Å². The third-order valence-electron chi connectivity index (χ3n) is 4.01. The number of nitrogens with zero attached hydrogens (tertiary/aromatic N) is 1. The monoisotopic (exact) mass is 331 g/mol. The van der Waals surface area contributed by atoms with Crippen LogP contribution < -0.4 is 0 Å². The summed E-state index contributed by atoms with van der Waals surface area (Å²) >= 11 is 0. The van der Waals surface area contributed by atoms with Crippen molar-refractivity contribution in [3.8, 4) is 0 Å². The number of amides is 1. The van der Waals surface area contributed by atoms with Crippen LogP contribution in [0.25, 0.3) is 0 Å². The van der Waals surface area contributed by atoms with Crippen LogP contribution in [0, 0.1) is 5.92 Å². The van der Waals surface area contributed by atoms with Crippen molar-refractivity contribution in [1.29, 1.82) is 0 Å². The number of piperidine rings is 1. The minimum atomic E-state index is -4.45. The third-order valence-corrected chi connectivity index (χ3v) is 4.01. The summed E-state index contributed by atoms with van der Waals surface area (Å²) in [5.74, 6) is -0.908. The highest BCUT2D eigenvalue weighted by molar-refractivity contribution is 5.73. The van der Waals surface area contributed by atoms with Crippen molar-refractivity contribution in [3.63, 3.8) is 0 Å². The Morgan fingerprint density at radius 2 is 1.87 bits per heavy atom. The molecule has 1 heterocycles. The van der Waals surface area contributed by atoms with Crippen molar-refractivity contribution >= 4 is 12.1 Å². The molecular weight excluding hydrogens is 315 g/mol. The summed E-state index contributed by atoms with van der Waals surface area (Å²) in [6.45, 7) is 0.126. The van der Waals surface area contributed by atoms with Gasteiger partial charge in [0, 0.05) is 6.54 Å². The fourth-order valence-electron chi connectivity index (χ4n) is 2.79. The quantitative estimate of drug-likeness (QED) is 0.844. The van der Waals surface area contributed by atoms with Gasteiger partial charge in [-0.2, -0.15) is 13.2 Å². The molecule has 126 valence electrons. The van der Waals surface area contributed by atoms with Crippen LogP contribution in [0.15, 0.2) is 24.3 Å². The predicted octanol–water partition coefficient (Wildman–Crippen LogP) is 3.31. The van der Waals surface area contributed by atoms with Crippen LogP contribution in [-0.4, -0.2) is 35.7 Å². The Balaban J connectivity index is 2.27. The maximum absolute atomic E-state index is 12.6. The zero-order valence-corrected chi connectivity index (χ0v) is 12.3. The molecule has 1 aliphatic rings. The summed E-state index contributed by atoms with van der Waals surface area (Å²) in [6.07, 6.45) is -5.11. The first-order valence-corrected chi connectivity index (χ1v) is 6.98. The van der Waals surface area contributed by atoms with Gasteiger partial charge in [-0.15, -0.1) is 0 Å². The molecule has 0 spiro atoms. The zero-order valence-electron chi connectivity index (χ0n) is 12.3. The summed E-state index contributed by atoms with van der Waals surface area (Å²) in [5.41, 5.74) is -0.377. The van der Waals surface area contributed by atoms with Gasteiger partial charge in [0.15, 0.2) is 0 Å². The van der Waals surface area contributed by atoms with Gasteiger partial charge in [0.05, 0.1) is 24.6 Å². The number of alkyl halides is 3.